The molecule has 0 saturated carbocycles. The fourth-order valence-electron chi connectivity index (χ4n) is 3.82. The number of carbonyl (C=O) groups excluding carboxylic acids is 1. The molecule has 4 heterocycles. The lowest BCUT2D eigenvalue weighted by Crippen LogP contribution is -2.44. The Hall–Kier alpha value is -2.41. The molecule has 2 aromatic rings. The molecule has 2 saturated heterocycles. The van der Waals surface area contributed by atoms with Crippen molar-refractivity contribution in [3.05, 3.63) is 42.7 Å². The number of H-pyrrole nitrogens is 1. The molecule has 0 spiro atoms. The van der Waals surface area contributed by atoms with Gasteiger partial charge in [0.05, 0.1) is 24.8 Å². The molecule has 7 nitrogen and oxygen atoms in total. The number of ether oxygens (including phenoxy) is 2. The molecule has 0 unspecified atom stereocenters. The van der Waals surface area contributed by atoms with E-state index in [1.165, 1.54) is 6.33 Å². The van der Waals surface area contributed by atoms with Gasteiger partial charge < -0.3 is 19.4 Å². The summed E-state index contributed by atoms with van der Waals surface area (Å²) in [5.74, 6) is 1.09. The minimum absolute atomic E-state index is 0.0103. The molecule has 2 fully saturated rings. The van der Waals surface area contributed by atoms with Crippen molar-refractivity contribution in [3.63, 3.8) is 0 Å². The summed E-state index contributed by atoms with van der Waals surface area (Å²) in [6, 6.07) is 3.75. The van der Waals surface area contributed by atoms with Crippen LogP contribution in [0.25, 0.3) is 0 Å². The van der Waals surface area contributed by atoms with E-state index in [9.17, 15) is 4.79 Å². The molecule has 0 bridgehead atoms. The first kappa shape index (κ1) is 16.1. The van der Waals surface area contributed by atoms with Gasteiger partial charge in [-0.2, -0.15) is 0 Å². The average Bonchev–Trinajstić information content (AvgIpc) is 3.27. The summed E-state index contributed by atoms with van der Waals surface area (Å²) >= 11 is 0. The summed E-state index contributed by atoms with van der Waals surface area (Å²) in [6.07, 6.45) is 8.46. The van der Waals surface area contributed by atoms with E-state index >= 15 is 0 Å². The second-order valence-electron chi connectivity index (χ2n) is 7.05. The molecule has 1 amide bonds. The average molecular weight is 342 g/mol. The number of hydrogen-bond donors (Lipinski definition) is 1. The molecule has 2 aromatic heterocycles. The van der Waals surface area contributed by atoms with Gasteiger partial charge in [0, 0.05) is 25.2 Å². The van der Waals surface area contributed by atoms with Crippen molar-refractivity contribution < 1.29 is 14.3 Å². The first-order valence-corrected chi connectivity index (χ1v) is 8.61. The third kappa shape index (κ3) is 3.37. The van der Waals surface area contributed by atoms with Crippen LogP contribution in [0.4, 0.5) is 0 Å². The van der Waals surface area contributed by atoms with Gasteiger partial charge in [-0.15, -0.1) is 0 Å². The van der Waals surface area contributed by atoms with Gasteiger partial charge in [0.15, 0.2) is 0 Å². The molecule has 2 aliphatic heterocycles. The second kappa shape index (κ2) is 6.48. The normalized spacial score (nSPS) is 28.6. The standard InChI is InChI=1S/C18H22N4O3/c1-18(11-24-14-3-2-5-19-8-14)7-13-10-22(6-4-16(13)25-18)17(23)15-9-20-12-21-15/h2-3,5,8-9,12-13,16H,4,6-7,10-11H2,1H3,(H,20,21)/t13-,16+,18-/m1/s1. The molecule has 3 atom stereocenters. The van der Waals surface area contributed by atoms with Gasteiger partial charge in [-0.3, -0.25) is 9.78 Å². The summed E-state index contributed by atoms with van der Waals surface area (Å²) in [6.45, 7) is 3.99. The van der Waals surface area contributed by atoms with Crippen LogP contribution in [0.3, 0.4) is 0 Å². The van der Waals surface area contributed by atoms with Crippen molar-refractivity contribution in [2.45, 2.75) is 31.5 Å². The molecule has 0 radical (unpaired) electrons. The van der Waals surface area contributed by atoms with E-state index in [0.717, 1.165) is 18.6 Å². The molecule has 132 valence electrons. The van der Waals surface area contributed by atoms with Crippen LogP contribution in [0, 0.1) is 5.92 Å². The zero-order chi connectivity index (χ0) is 17.3. The number of imidazole rings is 1. The van der Waals surface area contributed by atoms with Crippen molar-refractivity contribution >= 4 is 5.91 Å². The van der Waals surface area contributed by atoms with E-state index < -0.39 is 0 Å². The van der Waals surface area contributed by atoms with E-state index in [2.05, 4.69) is 21.9 Å². The Morgan fingerprint density at radius 2 is 2.40 bits per heavy atom. The number of amides is 1. The van der Waals surface area contributed by atoms with Crippen LogP contribution in [0.2, 0.25) is 0 Å². The van der Waals surface area contributed by atoms with Gasteiger partial charge in [-0.25, -0.2) is 4.98 Å². The Morgan fingerprint density at radius 1 is 1.48 bits per heavy atom. The number of aromatic nitrogens is 3. The minimum atomic E-state index is -0.335. The number of piperidine rings is 1. The van der Waals surface area contributed by atoms with Crippen molar-refractivity contribution in [1.29, 1.82) is 0 Å². The van der Waals surface area contributed by atoms with Crippen LogP contribution in [-0.2, 0) is 4.74 Å². The summed E-state index contributed by atoms with van der Waals surface area (Å²) in [5, 5.41) is 0. The van der Waals surface area contributed by atoms with Crippen LogP contribution in [0.5, 0.6) is 5.75 Å². The highest BCUT2D eigenvalue weighted by Gasteiger charge is 2.46. The van der Waals surface area contributed by atoms with Crippen molar-refractivity contribution in [1.82, 2.24) is 19.9 Å². The number of nitrogens with one attached hydrogen (secondary N) is 1. The van der Waals surface area contributed by atoms with Gasteiger partial charge in [0.2, 0.25) is 0 Å². The van der Waals surface area contributed by atoms with E-state index in [-0.39, 0.29) is 17.6 Å². The van der Waals surface area contributed by atoms with Gasteiger partial charge in [0.1, 0.15) is 23.7 Å². The summed E-state index contributed by atoms with van der Waals surface area (Å²) in [7, 11) is 0. The summed E-state index contributed by atoms with van der Waals surface area (Å²) in [5.41, 5.74) is 0.207. The molecule has 0 aromatic carbocycles. The molecule has 1 N–H and O–H groups in total. The van der Waals surface area contributed by atoms with E-state index in [1.54, 1.807) is 18.6 Å². The van der Waals surface area contributed by atoms with Gasteiger partial charge >= 0.3 is 0 Å². The Bertz CT molecular complexity index is 721. The predicted molar refractivity (Wildman–Crippen MR) is 90.2 cm³/mol. The lowest BCUT2D eigenvalue weighted by Gasteiger charge is -2.33. The van der Waals surface area contributed by atoms with Gasteiger partial charge in [0.25, 0.3) is 5.91 Å². The number of nitrogens with zero attached hydrogens (tertiary/aromatic N) is 3. The molecular formula is C18H22N4O3. The van der Waals surface area contributed by atoms with Gasteiger partial charge in [-0.1, -0.05) is 0 Å². The number of pyridine rings is 1. The van der Waals surface area contributed by atoms with Crippen LogP contribution >= 0.6 is 0 Å². The number of carbonyl (C=O) groups is 1. The fraction of sp³-hybridized carbons (Fsp3) is 0.500. The first-order chi connectivity index (χ1) is 12.1. The SMILES string of the molecule is C[C@]1(COc2cccnc2)C[C@@H]2CN(C(=O)c3cnc[nH]3)CC[C@@H]2O1. The third-order valence-corrected chi connectivity index (χ3v) is 4.99. The monoisotopic (exact) mass is 342 g/mol. The highest BCUT2D eigenvalue weighted by atomic mass is 16.6. The quantitative estimate of drug-likeness (QED) is 0.918. The zero-order valence-electron chi connectivity index (χ0n) is 14.2. The van der Waals surface area contributed by atoms with Crippen molar-refractivity contribution in [3.8, 4) is 5.75 Å². The van der Waals surface area contributed by atoms with E-state index in [4.69, 9.17) is 9.47 Å². The zero-order valence-corrected chi connectivity index (χ0v) is 14.2. The Kier molecular flexibility index (Phi) is 4.17. The van der Waals surface area contributed by atoms with Crippen LogP contribution in [0.15, 0.2) is 37.1 Å². The number of fused-ring (bicyclic) bond motifs is 1. The largest absolute Gasteiger partial charge is 0.489 e. The predicted octanol–water partition coefficient (Wildman–Crippen LogP) is 1.89. The number of hydrogen-bond acceptors (Lipinski definition) is 5. The Morgan fingerprint density at radius 3 is 3.16 bits per heavy atom. The van der Waals surface area contributed by atoms with E-state index in [0.29, 0.717) is 31.3 Å². The molecule has 0 aliphatic carbocycles. The topological polar surface area (TPSA) is 80.3 Å². The van der Waals surface area contributed by atoms with Crippen LogP contribution in [0.1, 0.15) is 30.3 Å². The molecule has 2 aliphatic rings. The lowest BCUT2D eigenvalue weighted by molar-refractivity contribution is -0.0675. The van der Waals surface area contributed by atoms with Crippen LogP contribution in [-0.4, -0.2) is 57.2 Å². The Balaban J connectivity index is 1.37. The van der Waals surface area contributed by atoms with Crippen molar-refractivity contribution in [2.75, 3.05) is 19.7 Å². The molecule has 7 heteroatoms. The number of aromatic amines is 1. The fourth-order valence-corrected chi connectivity index (χ4v) is 3.82. The first-order valence-electron chi connectivity index (χ1n) is 8.61. The molecule has 25 heavy (non-hydrogen) atoms. The summed E-state index contributed by atoms with van der Waals surface area (Å²) in [4.78, 5) is 25.3. The van der Waals surface area contributed by atoms with Crippen molar-refractivity contribution in [2.24, 2.45) is 5.92 Å². The second-order valence-corrected chi connectivity index (χ2v) is 7.05. The maximum atomic E-state index is 12.5. The maximum absolute atomic E-state index is 12.5. The summed E-state index contributed by atoms with van der Waals surface area (Å²) < 4.78 is 12.1. The van der Waals surface area contributed by atoms with Crippen LogP contribution < -0.4 is 4.74 Å². The van der Waals surface area contributed by atoms with Gasteiger partial charge in [-0.05, 0) is 31.9 Å². The van der Waals surface area contributed by atoms with E-state index in [1.807, 2.05) is 17.0 Å². The lowest BCUT2D eigenvalue weighted by atomic mass is 9.89. The number of rotatable bonds is 4. The number of likely N-dealkylation sites (tertiary alicyclic amines) is 1. The highest BCUT2D eigenvalue weighted by molar-refractivity contribution is 5.92. The minimum Gasteiger partial charge on any atom is -0.489 e. The maximum Gasteiger partial charge on any atom is 0.271 e. The third-order valence-electron chi connectivity index (χ3n) is 4.99. The molecular weight excluding hydrogens is 320 g/mol. The Labute approximate surface area is 146 Å². The molecule has 4 rings (SSSR count). The smallest absolute Gasteiger partial charge is 0.271 e. The highest BCUT2D eigenvalue weighted by Crippen LogP contribution is 2.39.